The van der Waals surface area contributed by atoms with Crippen LogP contribution < -0.4 is 14.8 Å². The molecule has 116 valence electrons. The summed E-state index contributed by atoms with van der Waals surface area (Å²) in [6.07, 6.45) is 0. The van der Waals surface area contributed by atoms with E-state index in [0.29, 0.717) is 0 Å². The number of carbonyl (C=O) groups is 1. The summed E-state index contributed by atoms with van der Waals surface area (Å²) in [7, 11) is 2.75. The van der Waals surface area contributed by atoms with E-state index in [9.17, 15) is 13.6 Å². The number of rotatable bonds is 5. The topological polar surface area (TPSA) is 86.2 Å². The fourth-order valence-electron chi connectivity index (χ4n) is 1.54. The van der Waals surface area contributed by atoms with Crippen molar-refractivity contribution in [2.45, 2.75) is 6.54 Å². The molecule has 0 aliphatic rings. The molecule has 7 nitrogen and oxygen atoms in total. The first-order chi connectivity index (χ1) is 10.5. The number of halogens is 2. The highest BCUT2D eigenvalue weighted by Gasteiger charge is 2.12. The van der Waals surface area contributed by atoms with Gasteiger partial charge in [-0.3, -0.25) is 4.79 Å². The molecule has 1 heterocycles. The van der Waals surface area contributed by atoms with Crippen molar-refractivity contribution in [2.24, 2.45) is 0 Å². The lowest BCUT2D eigenvalue weighted by molar-refractivity contribution is 0.0949. The second kappa shape index (κ2) is 6.74. The quantitative estimate of drug-likeness (QED) is 0.890. The monoisotopic (exact) mass is 310 g/mol. The molecule has 0 atom stereocenters. The maximum absolute atomic E-state index is 13.1. The molecule has 1 aromatic carbocycles. The molecular formula is C13H12F2N4O3. The lowest BCUT2D eigenvalue weighted by Gasteiger charge is -2.07. The van der Waals surface area contributed by atoms with E-state index in [1.165, 1.54) is 20.3 Å². The fraction of sp³-hybridized carbons (Fsp3) is 0.231. The number of hydrogen-bond donors (Lipinski definition) is 1. The maximum Gasteiger partial charge on any atom is 0.322 e. The molecule has 0 bridgehead atoms. The van der Waals surface area contributed by atoms with Crippen LogP contribution in [0.1, 0.15) is 16.2 Å². The summed E-state index contributed by atoms with van der Waals surface area (Å²) in [6.45, 7) is -0.0624. The number of aromatic nitrogens is 3. The smallest absolute Gasteiger partial charge is 0.322 e. The maximum atomic E-state index is 13.1. The van der Waals surface area contributed by atoms with E-state index in [1.54, 1.807) is 0 Å². The molecule has 2 rings (SSSR count). The molecular weight excluding hydrogens is 298 g/mol. The van der Waals surface area contributed by atoms with Crippen molar-refractivity contribution in [3.05, 3.63) is 41.2 Å². The van der Waals surface area contributed by atoms with Gasteiger partial charge in [0.2, 0.25) is 0 Å². The minimum absolute atomic E-state index is 0.0214. The number of benzene rings is 1. The Balaban J connectivity index is 2.08. The van der Waals surface area contributed by atoms with Gasteiger partial charge in [-0.15, -0.1) is 4.98 Å². The lowest BCUT2D eigenvalue weighted by Crippen LogP contribution is -2.24. The number of ether oxygens (including phenoxy) is 2. The van der Waals surface area contributed by atoms with E-state index in [1.807, 2.05) is 0 Å². The summed E-state index contributed by atoms with van der Waals surface area (Å²) >= 11 is 0. The second-order valence-electron chi connectivity index (χ2n) is 4.04. The van der Waals surface area contributed by atoms with Gasteiger partial charge in [-0.1, -0.05) is 0 Å². The molecule has 0 spiro atoms. The van der Waals surface area contributed by atoms with Crippen molar-refractivity contribution < 1.29 is 23.0 Å². The Bertz CT molecular complexity index is 675. The molecule has 0 fully saturated rings. The van der Waals surface area contributed by atoms with Crippen LogP contribution in [0.15, 0.2) is 18.2 Å². The van der Waals surface area contributed by atoms with E-state index >= 15 is 0 Å². The molecule has 0 aliphatic carbocycles. The predicted molar refractivity (Wildman–Crippen MR) is 70.5 cm³/mol. The van der Waals surface area contributed by atoms with E-state index < -0.39 is 17.5 Å². The molecule has 0 aliphatic heterocycles. The number of nitrogens with zero attached hydrogens (tertiary/aromatic N) is 3. The zero-order chi connectivity index (χ0) is 16.1. The van der Waals surface area contributed by atoms with Crippen LogP contribution in [0.4, 0.5) is 8.78 Å². The van der Waals surface area contributed by atoms with Crippen molar-refractivity contribution in [1.29, 1.82) is 0 Å². The minimum atomic E-state index is -1.10. The van der Waals surface area contributed by atoms with Gasteiger partial charge < -0.3 is 14.8 Å². The fourth-order valence-corrected chi connectivity index (χ4v) is 1.54. The first-order valence-electron chi connectivity index (χ1n) is 6.09. The summed E-state index contributed by atoms with van der Waals surface area (Å²) in [5.74, 6) is -2.53. The van der Waals surface area contributed by atoms with Crippen LogP contribution in [0.3, 0.4) is 0 Å². The second-order valence-corrected chi connectivity index (χ2v) is 4.04. The molecule has 1 aromatic heterocycles. The third-order valence-corrected chi connectivity index (χ3v) is 2.59. The zero-order valence-electron chi connectivity index (χ0n) is 11.8. The molecule has 0 saturated heterocycles. The SMILES string of the molecule is COc1nc(CNC(=O)c2ccc(F)c(F)c2)nc(OC)n1. The molecule has 22 heavy (non-hydrogen) atoms. The van der Waals surface area contributed by atoms with Crippen LogP contribution in [0, 0.1) is 11.6 Å². The Kier molecular flexibility index (Phi) is 4.77. The van der Waals surface area contributed by atoms with Gasteiger partial charge in [-0.25, -0.2) is 8.78 Å². The molecule has 9 heteroatoms. The highest BCUT2D eigenvalue weighted by molar-refractivity contribution is 5.94. The average Bonchev–Trinajstić information content (AvgIpc) is 2.54. The van der Waals surface area contributed by atoms with Gasteiger partial charge in [-0.05, 0) is 18.2 Å². The van der Waals surface area contributed by atoms with Gasteiger partial charge in [0, 0.05) is 5.56 Å². The highest BCUT2D eigenvalue weighted by Crippen LogP contribution is 2.10. The minimum Gasteiger partial charge on any atom is -0.467 e. The van der Waals surface area contributed by atoms with Gasteiger partial charge in [0.05, 0.1) is 20.8 Å². The molecule has 0 unspecified atom stereocenters. The normalized spacial score (nSPS) is 10.2. The zero-order valence-corrected chi connectivity index (χ0v) is 11.8. The van der Waals surface area contributed by atoms with Crippen molar-refractivity contribution >= 4 is 5.91 Å². The van der Waals surface area contributed by atoms with Crippen LogP contribution >= 0.6 is 0 Å². The van der Waals surface area contributed by atoms with E-state index in [2.05, 4.69) is 20.3 Å². The van der Waals surface area contributed by atoms with Crippen LogP contribution in [0.2, 0.25) is 0 Å². The first kappa shape index (κ1) is 15.5. The summed E-state index contributed by atoms with van der Waals surface area (Å²) in [4.78, 5) is 23.5. The predicted octanol–water partition coefficient (Wildman–Crippen LogP) is 1.10. The van der Waals surface area contributed by atoms with Gasteiger partial charge in [0.25, 0.3) is 5.91 Å². The first-order valence-corrected chi connectivity index (χ1v) is 6.09. The van der Waals surface area contributed by atoms with Gasteiger partial charge in [-0.2, -0.15) is 9.97 Å². The summed E-state index contributed by atoms with van der Waals surface area (Å²) in [5, 5.41) is 2.47. The van der Waals surface area contributed by atoms with E-state index in [0.717, 1.165) is 12.1 Å². The Morgan fingerprint density at radius 3 is 2.27 bits per heavy atom. The number of carbonyl (C=O) groups excluding carboxylic acids is 1. The number of nitrogens with one attached hydrogen (secondary N) is 1. The molecule has 1 amide bonds. The number of methoxy groups -OCH3 is 2. The molecule has 2 aromatic rings. The van der Waals surface area contributed by atoms with Crippen LogP contribution in [-0.4, -0.2) is 35.1 Å². The van der Waals surface area contributed by atoms with Crippen molar-refractivity contribution in [3.63, 3.8) is 0 Å². The van der Waals surface area contributed by atoms with Crippen molar-refractivity contribution in [2.75, 3.05) is 14.2 Å². The van der Waals surface area contributed by atoms with Gasteiger partial charge >= 0.3 is 12.0 Å². The van der Waals surface area contributed by atoms with Crippen LogP contribution in [0.25, 0.3) is 0 Å². The standard InChI is InChI=1S/C13H12F2N4O3/c1-21-12-17-10(18-13(19-12)22-2)6-16-11(20)7-3-4-8(14)9(15)5-7/h3-5H,6H2,1-2H3,(H,16,20). The van der Waals surface area contributed by atoms with Crippen LogP contribution in [0.5, 0.6) is 12.0 Å². The average molecular weight is 310 g/mol. The van der Waals surface area contributed by atoms with E-state index in [4.69, 9.17) is 9.47 Å². The number of amides is 1. The number of hydrogen-bond acceptors (Lipinski definition) is 6. The van der Waals surface area contributed by atoms with Crippen molar-refractivity contribution in [3.8, 4) is 12.0 Å². The van der Waals surface area contributed by atoms with Gasteiger partial charge in [0.15, 0.2) is 17.5 Å². The van der Waals surface area contributed by atoms with E-state index in [-0.39, 0.29) is 30.0 Å². The molecule has 1 N–H and O–H groups in total. The van der Waals surface area contributed by atoms with Gasteiger partial charge in [0.1, 0.15) is 0 Å². The molecule has 0 saturated carbocycles. The molecule has 0 radical (unpaired) electrons. The van der Waals surface area contributed by atoms with Crippen LogP contribution in [-0.2, 0) is 6.54 Å². The summed E-state index contributed by atoms with van der Waals surface area (Å²) in [5.41, 5.74) is -0.0214. The Morgan fingerprint density at radius 2 is 1.73 bits per heavy atom. The largest absolute Gasteiger partial charge is 0.467 e. The third-order valence-electron chi connectivity index (χ3n) is 2.59. The highest BCUT2D eigenvalue weighted by atomic mass is 19.2. The Labute approximate surface area is 124 Å². The Hall–Kier alpha value is -2.84. The summed E-state index contributed by atoms with van der Waals surface area (Å²) in [6, 6.07) is 2.91. The third kappa shape index (κ3) is 3.62. The lowest BCUT2D eigenvalue weighted by atomic mass is 10.2. The van der Waals surface area contributed by atoms with Crippen molar-refractivity contribution in [1.82, 2.24) is 20.3 Å². The summed E-state index contributed by atoms with van der Waals surface area (Å²) < 4.78 is 35.6. The Morgan fingerprint density at radius 1 is 1.09 bits per heavy atom.